The second kappa shape index (κ2) is 13.0. The second-order valence-electron chi connectivity index (χ2n) is 9.08. The van der Waals surface area contributed by atoms with Crippen molar-refractivity contribution >= 4 is 23.6 Å². The van der Waals surface area contributed by atoms with Crippen LogP contribution >= 0.6 is 0 Å². The number of anilines is 1. The number of carbonyl (C=O) groups is 3. The average molecular weight is 538 g/mol. The zero-order valence-electron chi connectivity index (χ0n) is 22.3. The van der Waals surface area contributed by atoms with Gasteiger partial charge in [0.2, 0.25) is 0 Å². The fourth-order valence-corrected chi connectivity index (χ4v) is 3.67. The van der Waals surface area contributed by atoms with Gasteiger partial charge in [-0.3, -0.25) is 0 Å². The lowest BCUT2D eigenvalue weighted by molar-refractivity contribution is -0.688. The van der Waals surface area contributed by atoms with Crippen molar-refractivity contribution in [3.05, 3.63) is 132 Å². The predicted octanol–water partition coefficient (Wildman–Crippen LogP) is 4.76. The van der Waals surface area contributed by atoms with Crippen LogP contribution in [0.25, 0.3) is 0 Å². The fourth-order valence-electron chi connectivity index (χ4n) is 3.67. The maximum absolute atomic E-state index is 12.6. The Hall–Kier alpha value is -5.24. The highest BCUT2D eigenvalue weighted by Gasteiger charge is 2.12. The van der Waals surface area contributed by atoms with Crippen LogP contribution in [0.5, 0.6) is 11.5 Å². The first kappa shape index (κ1) is 27.8. The van der Waals surface area contributed by atoms with Crippen molar-refractivity contribution in [2.45, 2.75) is 13.2 Å². The Balaban J connectivity index is 1.28. The first-order valence-electron chi connectivity index (χ1n) is 12.5. The van der Waals surface area contributed by atoms with Gasteiger partial charge in [0.05, 0.1) is 11.1 Å². The minimum atomic E-state index is -0.550. The highest BCUT2D eigenvalue weighted by Crippen LogP contribution is 2.20. The van der Waals surface area contributed by atoms with Gasteiger partial charge in [0.1, 0.15) is 18.1 Å². The van der Waals surface area contributed by atoms with Gasteiger partial charge in [-0.1, -0.05) is 30.8 Å². The third-order valence-corrected chi connectivity index (χ3v) is 5.93. The number of rotatable bonds is 10. The van der Waals surface area contributed by atoms with E-state index in [0.29, 0.717) is 29.2 Å². The molecule has 40 heavy (non-hydrogen) atoms. The van der Waals surface area contributed by atoms with Crippen molar-refractivity contribution in [3.63, 3.8) is 0 Å². The number of esters is 3. The van der Waals surface area contributed by atoms with Gasteiger partial charge in [0.25, 0.3) is 0 Å². The zero-order valence-corrected chi connectivity index (χ0v) is 22.3. The summed E-state index contributed by atoms with van der Waals surface area (Å²) < 4.78 is 17.9. The summed E-state index contributed by atoms with van der Waals surface area (Å²) in [5.41, 5.74) is 3.66. The van der Waals surface area contributed by atoms with Crippen LogP contribution in [0.1, 0.15) is 31.8 Å². The summed E-state index contributed by atoms with van der Waals surface area (Å²) in [4.78, 5) is 38.3. The van der Waals surface area contributed by atoms with Crippen molar-refractivity contribution in [3.8, 4) is 11.5 Å². The number of ether oxygens (including phenoxy) is 3. The maximum atomic E-state index is 12.6. The Morgan fingerprint density at radius 2 is 1.20 bits per heavy atom. The normalized spacial score (nSPS) is 10.3. The molecule has 202 valence electrons. The summed E-state index contributed by atoms with van der Waals surface area (Å²) in [6.07, 6.45) is 5.11. The number of nitrogens with zero attached hydrogens (tertiary/aromatic N) is 2. The summed E-state index contributed by atoms with van der Waals surface area (Å²) in [6, 6.07) is 24.1. The molecule has 4 rings (SSSR count). The smallest absolute Gasteiger partial charge is 0.343 e. The molecule has 8 heteroatoms. The van der Waals surface area contributed by atoms with E-state index in [1.54, 1.807) is 60.7 Å². The molecule has 0 atom stereocenters. The van der Waals surface area contributed by atoms with Gasteiger partial charge in [-0.05, 0) is 54.1 Å². The highest BCUT2D eigenvalue weighted by atomic mass is 16.5. The van der Waals surface area contributed by atoms with Crippen LogP contribution < -0.4 is 18.9 Å². The molecule has 0 aliphatic rings. The van der Waals surface area contributed by atoms with Crippen molar-refractivity contribution in [2.24, 2.45) is 0 Å². The molecule has 0 amide bonds. The molecular formula is C32H29N2O6+. The molecule has 0 unspecified atom stereocenters. The number of hydrogen-bond acceptors (Lipinski definition) is 7. The van der Waals surface area contributed by atoms with Crippen LogP contribution in [-0.2, 0) is 22.7 Å². The number of pyridine rings is 1. The van der Waals surface area contributed by atoms with Crippen LogP contribution in [0.2, 0.25) is 0 Å². The molecule has 1 aromatic heterocycles. The first-order chi connectivity index (χ1) is 19.3. The highest BCUT2D eigenvalue weighted by molar-refractivity contribution is 5.92. The van der Waals surface area contributed by atoms with E-state index in [2.05, 4.69) is 11.1 Å². The van der Waals surface area contributed by atoms with E-state index in [1.807, 2.05) is 55.7 Å². The van der Waals surface area contributed by atoms with Gasteiger partial charge in [-0.25, -0.2) is 19.0 Å². The molecule has 1 heterocycles. The summed E-state index contributed by atoms with van der Waals surface area (Å²) in [5.74, 6) is -0.935. The van der Waals surface area contributed by atoms with Crippen LogP contribution in [0.15, 0.2) is 110 Å². The molecule has 4 aromatic rings. The lowest BCUT2D eigenvalue weighted by atomic mass is 10.1. The summed E-state index contributed by atoms with van der Waals surface area (Å²) in [6.45, 7) is 4.10. The molecule has 0 spiro atoms. The standard InChI is InChI=1S/C32H29N2O6/c1-4-30(35)38-22-24-7-11-26(12-8-24)32(37)40-29-15-13-28(14-16-29)39-31(36)25-9-5-23(6-10-25)21-34-19-17-27(18-20-34)33(2)3/h4-20H,1,21-22H2,2-3H3/q+1. The van der Waals surface area contributed by atoms with Crippen LogP contribution in [-0.4, -0.2) is 32.0 Å². The molecule has 8 nitrogen and oxygen atoms in total. The molecule has 0 bridgehead atoms. The van der Waals surface area contributed by atoms with Gasteiger partial charge >= 0.3 is 17.9 Å². The Labute approximate surface area is 232 Å². The van der Waals surface area contributed by atoms with Crippen molar-refractivity contribution in [2.75, 3.05) is 19.0 Å². The van der Waals surface area contributed by atoms with Gasteiger partial charge in [0, 0.05) is 43.6 Å². The Morgan fingerprint density at radius 1 is 0.725 bits per heavy atom. The summed E-state index contributed by atoms with van der Waals surface area (Å²) in [5, 5.41) is 0. The molecule has 0 saturated heterocycles. The first-order valence-corrected chi connectivity index (χ1v) is 12.5. The minimum absolute atomic E-state index is 0.0786. The fraction of sp³-hybridized carbons (Fsp3) is 0.125. The van der Waals surface area contributed by atoms with Crippen LogP contribution in [0.4, 0.5) is 5.69 Å². The van der Waals surface area contributed by atoms with E-state index in [1.165, 1.54) is 0 Å². The summed E-state index contributed by atoms with van der Waals surface area (Å²) >= 11 is 0. The van der Waals surface area contributed by atoms with E-state index in [0.717, 1.165) is 22.9 Å². The third-order valence-electron chi connectivity index (χ3n) is 5.93. The van der Waals surface area contributed by atoms with E-state index in [9.17, 15) is 14.4 Å². The SMILES string of the molecule is C=CC(=O)OCc1ccc(C(=O)Oc2ccc(OC(=O)c3ccc(C[n+]4ccc(N(C)C)cc4)cc3)cc2)cc1. The number of benzene rings is 3. The van der Waals surface area contributed by atoms with Crippen molar-refractivity contribution in [1.82, 2.24) is 0 Å². The lowest BCUT2D eigenvalue weighted by Crippen LogP contribution is -2.33. The minimum Gasteiger partial charge on any atom is -0.458 e. The van der Waals surface area contributed by atoms with Crippen molar-refractivity contribution in [1.29, 1.82) is 0 Å². The second-order valence-corrected chi connectivity index (χ2v) is 9.08. The molecule has 3 aromatic carbocycles. The Bertz CT molecular complexity index is 1480. The zero-order chi connectivity index (χ0) is 28.5. The van der Waals surface area contributed by atoms with Gasteiger partial charge < -0.3 is 19.1 Å². The van der Waals surface area contributed by atoms with Gasteiger partial charge in [-0.15, -0.1) is 0 Å². The molecular weight excluding hydrogens is 508 g/mol. The van der Waals surface area contributed by atoms with E-state index < -0.39 is 17.9 Å². The number of aromatic nitrogens is 1. The van der Waals surface area contributed by atoms with Crippen LogP contribution in [0.3, 0.4) is 0 Å². The van der Waals surface area contributed by atoms with Gasteiger partial charge in [-0.2, -0.15) is 0 Å². The molecule has 0 saturated carbocycles. The average Bonchev–Trinajstić information content (AvgIpc) is 2.97. The molecule has 0 aliphatic carbocycles. The maximum Gasteiger partial charge on any atom is 0.343 e. The van der Waals surface area contributed by atoms with Crippen LogP contribution in [0, 0.1) is 0 Å². The summed E-state index contributed by atoms with van der Waals surface area (Å²) in [7, 11) is 4.00. The Kier molecular flexibility index (Phi) is 9.04. The van der Waals surface area contributed by atoms with E-state index in [4.69, 9.17) is 14.2 Å². The quantitative estimate of drug-likeness (QED) is 0.125. The third kappa shape index (κ3) is 7.64. The topological polar surface area (TPSA) is 86.0 Å². The van der Waals surface area contributed by atoms with Gasteiger partial charge in [0.15, 0.2) is 18.9 Å². The largest absolute Gasteiger partial charge is 0.458 e. The lowest BCUT2D eigenvalue weighted by Gasteiger charge is -2.10. The monoisotopic (exact) mass is 537 g/mol. The molecule has 0 fully saturated rings. The molecule has 0 radical (unpaired) electrons. The number of hydrogen-bond donors (Lipinski definition) is 0. The van der Waals surface area contributed by atoms with E-state index >= 15 is 0 Å². The van der Waals surface area contributed by atoms with Crippen molar-refractivity contribution < 1.29 is 33.2 Å². The molecule has 0 aliphatic heterocycles. The van der Waals surface area contributed by atoms with E-state index in [-0.39, 0.29) is 6.61 Å². The predicted molar refractivity (Wildman–Crippen MR) is 149 cm³/mol. The molecule has 0 N–H and O–H groups in total. The number of carbonyl (C=O) groups excluding carboxylic acids is 3. The Morgan fingerprint density at radius 3 is 1.65 bits per heavy atom.